The maximum atomic E-state index is 13.5. The van der Waals surface area contributed by atoms with Crippen LogP contribution in [0.3, 0.4) is 0 Å². The number of carbonyl (C=O) groups is 1. The van der Waals surface area contributed by atoms with Crippen LogP contribution in [0.5, 0.6) is 17.2 Å². The van der Waals surface area contributed by atoms with Crippen molar-refractivity contribution in [1.29, 1.82) is 0 Å². The Bertz CT molecular complexity index is 1270. The largest absolute Gasteiger partial charge is 0.508 e. The van der Waals surface area contributed by atoms with Crippen LogP contribution in [0.15, 0.2) is 46.0 Å². The van der Waals surface area contributed by atoms with Crippen LogP contribution in [-0.4, -0.2) is 52.9 Å². The number of likely N-dealkylation sites (tertiary alicyclic amines) is 1. The van der Waals surface area contributed by atoms with Crippen LogP contribution in [0.25, 0.3) is 10.9 Å². The highest BCUT2D eigenvalue weighted by atomic mass is 16.5. The molecule has 0 atom stereocenters. The van der Waals surface area contributed by atoms with Crippen LogP contribution >= 0.6 is 0 Å². The zero-order chi connectivity index (χ0) is 22.8. The Morgan fingerprint density at radius 1 is 1.03 bits per heavy atom. The molecule has 32 heavy (non-hydrogen) atoms. The van der Waals surface area contributed by atoms with Gasteiger partial charge in [0.1, 0.15) is 5.75 Å². The second kappa shape index (κ2) is 8.78. The van der Waals surface area contributed by atoms with Gasteiger partial charge in [0.15, 0.2) is 11.5 Å². The molecule has 0 bridgehead atoms. The number of amides is 1. The monoisotopic (exact) mass is 439 g/mol. The number of piperidine rings is 1. The molecule has 3 aromatic rings. The molecule has 0 spiro atoms. The van der Waals surface area contributed by atoms with E-state index in [1.807, 2.05) is 0 Å². The Morgan fingerprint density at radius 2 is 1.75 bits per heavy atom. The topological polar surface area (TPSA) is 103 Å². The first-order valence-electron chi connectivity index (χ1n) is 10.3. The molecule has 0 saturated carbocycles. The number of hydrogen-bond acceptors (Lipinski definition) is 6. The first-order chi connectivity index (χ1) is 15.5. The van der Waals surface area contributed by atoms with Gasteiger partial charge in [0.25, 0.3) is 5.56 Å². The van der Waals surface area contributed by atoms with Gasteiger partial charge >= 0.3 is 5.69 Å². The second-order valence-electron chi connectivity index (χ2n) is 7.81. The Labute approximate surface area is 184 Å². The summed E-state index contributed by atoms with van der Waals surface area (Å²) >= 11 is 0. The van der Waals surface area contributed by atoms with E-state index in [1.165, 1.54) is 30.9 Å². The predicted molar refractivity (Wildman–Crippen MR) is 119 cm³/mol. The Morgan fingerprint density at radius 3 is 2.41 bits per heavy atom. The average Bonchev–Trinajstić information content (AvgIpc) is 2.82. The molecule has 0 aliphatic carbocycles. The number of methoxy groups -OCH3 is 2. The molecule has 2 aromatic carbocycles. The van der Waals surface area contributed by atoms with Crippen LogP contribution in [0.1, 0.15) is 24.4 Å². The minimum atomic E-state index is -0.475. The highest BCUT2D eigenvalue weighted by molar-refractivity contribution is 5.79. The van der Waals surface area contributed by atoms with E-state index in [9.17, 15) is 19.5 Å². The lowest BCUT2D eigenvalue weighted by atomic mass is 10.0. The van der Waals surface area contributed by atoms with Crippen LogP contribution in [0, 0.1) is 0 Å². The molecule has 1 amide bonds. The van der Waals surface area contributed by atoms with Crippen molar-refractivity contribution in [3.63, 3.8) is 0 Å². The zero-order valence-corrected chi connectivity index (χ0v) is 18.0. The number of carbonyl (C=O) groups excluding carboxylic acids is 1. The molecular formula is C23H25N3O6. The van der Waals surface area contributed by atoms with E-state index in [2.05, 4.69) is 0 Å². The van der Waals surface area contributed by atoms with Gasteiger partial charge in [-0.1, -0.05) is 6.07 Å². The molecule has 1 aliphatic rings. The van der Waals surface area contributed by atoms with E-state index in [0.717, 1.165) is 6.41 Å². The van der Waals surface area contributed by atoms with Crippen LogP contribution in [-0.2, 0) is 11.3 Å². The van der Waals surface area contributed by atoms with Crippen molar-refractivity contribution in [2.45, 2.75) is 25.4 Å². The van der Waals surface area contributed by atoms with E-state index < -0.39 is 11.2 Å². The zero-order valence-electron chi connectivity index (χ0n) is 18.0. The average molecular weight is 439 g/mol. The maximum Gasteiger partial charge on any atom is 0.332 e. The summed E-state index contributed by atoms with van der Waals surface area (Å²) in [6.07, 6.45) is 2.01. The summed E-state index contributed by atoms with van der Waals surface area (Å²) in [5.74, 6) is 0.998. The first kappa shape index (κ1) is 21.5. The molecule has 9 heteroatoms. The van der Waals surface area contributed by atoms with Gasteiger partial charge in [-0.3, -0.25) is 18.7 Å². The number of phenols is 1. The first-order valence-corrected chi connectivity index (χ1v) is 10.3. The predicted octanol–water partition coefficient (Wildman–Crippen LogP) is 1.73. The van der Waals surface area contributed by atoms with Crippen molar-refractivity contribution < 1.29 is 19.4 Å². The molecule has 9 nitrogen and oxygen atoms in total. The molecule has 1 aromatic heterocycles. The second-order valence-corrected chi connectivity index (χ2v) is 7.81. The van der Waals surface area contributed by atoms with Gasteiger partial charge in [0.2, 0.25) is 6.41 Å². The van der Waals surface area contributed by atoms with Crippen molar-refractivity contribution in [3.05, 3.63) is 62.8 Å². The third kappa shape index (κ3) is 3.81. The number of ether oxygens (including phenoxy) is 2. The van der Waals surface area contributed by atoms with Crippen LogP contribution < -0.4 is 20.7 Å². The number of nitrogens with zero attached hydrogens (tertiary/aromatic N) is 3. The van der Waals surface area contributed by atoms with Gasteiger partial charge in [-0.15, -0.1) is 0 Å². The van der Waals surface area contributed by atoms with E-state index >= 15 is 0 Å². The quantitative estimate of drug-likeness (QED) is 0.587. The van der Waals surface area contributed by atoms with E-state index in [0.29, 0.717) is 48.5 Å². The smallest absolute Gasteiger partial charge is 0.332 e. The van der Waals surface area contributed by atoms with Crippen LogP contribution in [0.4, 0.5) is 0 Å². The van der Waals surface area contributed by atoms with Crippen molar-refractivity contribution in [3.8, 4) is 17.2 Å². The molecule has 168 valence electrons. The van der Waals surface area contributed by atoms with Crippen molar-refractivity contribution in [1.82, 2.24) is 14.0 Å². The molecule has 0 radical (unpaired) electrons. The summed E-state index contributed by atoms with van der Waals surface area (Å²) in [4.78, 5) is 39.6. The fraction of sp³-hybridized carbons (Fsp3) is 0.348. The third-order valence-corrected chi connectivity index (χ3v) is 5.95. The number of aromatic hydroxyl groups is 1. The van der Waals surface area contributed by atoms with E-state index in [1.54, 1.807) is 33.7 Å². The number of phenolic OH excluding ortho intramolecular Hbond substituents is 1. The van der Waals surface area contributed by atoms with Gasteiger partial charge in [-0.05, 0) is 48.7 Å². The summed E-state index contributed by atoms with van der Waals surface area (Å²) in [5.41, 5.74) is 0.277. The number of rotatable bonds is 6. The van der Waals surface area contributed by atoms with Gasteiger partial charge in [0, 0.05) is 19.1 Å². The summed E-state index contributed by atoms with van der Waals surface area (Å²) in [5, 5.41) is 10.3. The number of aromatic nitrogens is 2. The minimum Gasteiger partial charge on any atom is -0.508 e. The molecular weight excluding hydrogens is 414 g/mol. The Hall–Kier alpha value is -3.75. The summed E-state index contributed by atoms with van der Waals surface area (Å²) < 4.78 is 13.4. The van der Waals surface area contributed by atoms with Crippen molar-refractivity contribution >= 4 is 17.3 Å². The van der Waals surface area contributed by atoms with Crippen LogP contribution in [0.2, 0.25) is 0 Å². The third-order valence-electron chi connectivity index (χ3n) is 5.95. The molecule has 1 saturated heterocycles. The van der Waals surface area contributed by atoms with E-state index in [4.69, 9.17) is 9.47 Å². The summed E-state index contributed by atoms with van der Waals surface area (Å²) in [6.45, 7) is 1.11. The van der Waals surface area contributed by atoms with Gasteiger partial charge in [0.05, 0.1) is 31.7 Å². The Kier molecular flexibility index (Phi) is 5.89. The molecule has 1 aliphatic heterocycles. The number of fused-ring (bicyclic) bond motifs is 1. The summed E-state index contributed by atoms with van der Waals surface area (Å²) in [7, 11) is 3.05. The lowest BCUT2D eigenvalue weighted by Crippen LogP contribution is -2.44. The molecule has 0 unspecified atom stereocenters. The number of benzene rings is 2. The molecule has 1 N–H and O–H groups in total. The Balaban J connectivity index is 1.85. The molecule has 1 fully saturated rings. The van der Waals surface area contributed by atoms with Crippen molar-refractivity contribution in [2.24, 2.45) is 0 Å². The lowest BCUT2D eigenvalue weighted by Gasteiger charge is -2.31. The van der Waals surface area contributed by atoms with Gasteiger partial charge in [-0.25, -0.2) is 4.79 Å². The number of hydrogen-bond donors (Lipinski definition) is 1. The summed E-state index contributed by atoms with van der Waals surface area (Å²) in [6, 6.07) is 9.51. The highest BCUT2D eigenvalue weighted by Gasteiger charge is 2.24. The highest BCUT2D eigenvalue weighted by Crippen LogP contribution is 2.28. The fourth-order valence-electron chi connectivity index (χ4n) is 4.27. The normalized spacial score (nSPS) is 14.5. The fourth-order valence-corrected chi connectivity index (χ4v) is 4.27. The molecule has 2 heterocycles. The lowest BCUT2D eigenvalue weighted by molar-refractivity contribution is -0.119. The van der Waals surface area contributed by atoms with Gasteiger partial charge < -0.3 is 19.5 Å². The maximum absolute atomic E-state index is 13.5. The van der Waals surface area contributed by atoms with E-state index in [-0.39, 0.29) is 23.7 Å². The SMILES string of the molecule is COc1ccc(Cn2c(=O)c3cc(O)ccc3n(C3CCN(C=O)CC3)c2=O)cc1OC. The molecule has 4 rings (SSSR count). The standard InChI is InChI=1S/C23H25N3O6/c1-31-20-6-3-15(11-21(20)32-2)13-25-22(29)18-12-17(28)4-5-19(18)26(23(25)30)16-7-9-24(14-27)10-8-16/h3-6,11-12,14,16,28H,7-10,13H2,1-2H3. The van der Waals surface area contributed by atoms with Gasteiger partial charge in [-0.2, -0.15) is 0 Å². The van der Waals surface area contributed by atoms with Crippen molar-refractivity contribution in [2.75, 3.05) is 27.3 Å². The minimum absolute atomic E-state index is 0.0385.